The molecule has 0 saturated carbocycles. The summed E-state index contributed by atoms with van der Waals surface area (Å²) in [7, 11) is -3.79. The van der Waals surface area contributed by atoms with Gasteiger partial charge >= 0.3 is 0 Å². The van der Waals surface area contributed by atoms with Crippen molar-refractivity contribution in [3.63, 3.8) is 0 Å². The van der Waals surface area contributed by atoms with Crippen molar-refractivity contribution in [1.29, 1.82) is 0 Å². The first-order valence-electron chi connectivity index (χ1n) is 9.57. The lowest BCUT2D eigenvalue weighted by atomic mass is 10.2. The molecule has 1 heterocycles. The quantitative estimate of drug-likeness (QED) is 0.393. The summed E-state index contributed by atoms with van der Waals surface area (Å²) >= 11 is 12.1. The number of rotatable bonds is 7. The first kappa shape index (κ1) is 23.8. The largest absolute Gasteiger partial charge is 0.318 e. The van der Waals surface area contributed by atoms with Gasteiger partial charge in [-0.05, 0) is 50.2 Å². The summed E-state index contributed by atoms with van der Waals surface area (Å²) in [4.78, 5) is 12.4. The number of halogens is 2. The zero-order valence-electron chi connectivity index (χ0n) is 17.7. The van der Waals surface area contributed by atoms with Crippen LogP contribution in [0.1, 0.15) is 17.0 Å². The van der Waals surface area contributed by atoms with Crippen LogP contribution in [0.25, 0.3) is 5.69 Å². The monoisotopic (exact) mass is 492 g/mol. The van der Waals surface area contributed by atoms with Crippen molar-refractivity contribution in [3.05, 3.63) is 81.6 Å². The van der Waals surface area contributed by atoms with E-state index in [4.69, 9.17) is 23.2 Å². The molecule has 0 aliphatic heterocycles. The zero-order valence-corrected chi connectivity index (χ0v) is 20.0. The summed E-state index contributed by atoms with van der Waals surface area (Å²) in [5, 5.41) is 4.45. The number of hydrogen-bond acceptors (Lipinski definition) is 4. The standard InChI is InChI=1S/C22H22Cl2N4O3S/c1-15-11-17(16(2)28(15)19-7-5-4-6-8-19)13-25-26-22(29)14-27(32(3,30)31)21-12-18(23)9-10-20(21)24/h4-13H,14H2,1-3H3,(H,26,29). The summed E-state index contributed by atoms with van der Waals surface area (Å²) in [6, 6.07) is 16.2. The topological polar surface area (TPSA) is 83.8 Å². The molecule has 0 bridgehead atoms. The van der Waals surface area contributed by atoms with Crippen LogP contribution in [0.15, 0.2) is 59.7 Å². The minimum absolute atomic E-state index is 0.118. The summed E-state index contributed by atoms with van der Waals surface area (Å²) in [6.45, 7) is 3.43. The van der Waals surface area contributed by atoms with Crippen LogP contribution in [0.3, 0.4) is 0 Å². The SMILES string of the molecule is Cc1cc(C=NNC(=O)CN(c2cc(Cl)ccc2Cl)S(C)(=O)=O)c(C)n1-c1ccccc1. The Hall–Kier alpha value is -2.81. The first-order valence-corrected chi connectivity index (χ1v) is 12.2. The maximum atomic E-state index is 12.4. The van der Waals surface area contributed by atoms with Crippen LogP contribution in [0.4, 0.5) is 5.69 Å². The number of aromatic nitrogens is 1. The van der Waals surface area contributed by atoms with E-state index < -0.39 is 22.5 Å². The minimum atomic E-state index is -3.79. The van der Waals surface area contributed by atoms with Crippen LogP contribution in [0.5, 0.6) is 0 Å². The highest BCUT2D eigenvalue weighted by atomic mass is 35.5. The van der Waals surface area contributed by atoms with Crippen LogP contribution in [-0.4, -0.2) is 37.9 Å². The van der Waals surface area contributed by atoms with Crippen LogP contribution in [-0.2, 0) is 14.8 Å². The molecule has 32 heavy (non-hydrogen) atoms. The third-order valence-corrected chi connectivity index (χ3v) is 6.42. The molecule has 0 saturated heterocycles. The fourth-order valence-electron chi connectivity index (χ4n) is 3.29. The van der Waals surface area contributed by atoms with E-state index in [1.807, 2.05) is 50.2 Å². The number of sulfonamides is 1. The number of nitrogens with zero attached hydrogens (tertiary/aromatic N) is 3. The van der Waals surface area contributed by atoms with E-state index in [0.29, 0.717) is 5.02 Å². The average Bonchev–Trinajstić information content (AvgIpc) is 3.01. The number of amides is 1. The normalized spacial score (nSPS) is 11.7. The molecule has 3 aromatic rings. The Labute approximate surface area is 197 Å². The van der Waals surface area contributed by atoms with Crippen molar-refractivity contribution in [2.45, 2.75) is 13.8 Å². The van der Waals surface area contributed by atoms with E-state index in [9.17, 15) is 13.2 Å². The van der Waals surface area contributed by atoms with Gasteiger partial charge in [-0.3, -0.25) is 9.10 Å². The van der Waals surface area contributed by atoms with Gasteiger partial charge in [0.15, 0.2) is 0 Å². The summed E-state index contributed by atoms with van der Waals surface area (Å²) in [6.07, 6.45) is 2.51. The van der Waals surface area contributed by atoms with Crippen LogP contribution in [0, 0.1) is 13.8 Å². The Morgan fingerprint density at radius 1 is 1.12 bits per heavy atom. The number of nitrogens with one attached hydrogen (secondary N) is 1. The van der Waals surface area contributed by atoms with Crippen molar-refractivity contribution >= 4 is 51.0 Å². The Balaban J connectivity index is 1.76. The van der Waals surface area contributed by atoms with Crippen molar-refractivity contribution < 1.29 is 13.2 Å². The Morgan fingerprint density at radius 2 is 1.81 bits per heavy atom. The van der Waals surface area contributed by atoms with E-state index in [2.05, 4.69) is 15.1 Å². The van der Waals surface area contributed by atoms with Crippen LogP contribution < -0.4 is 9.73 Å². The van der Waals surface area contributed by atoms with Gasteiger partial charge in [0.25, 0.3) is 5.91 Å². The number of hydrazone groups is 1. The van der Waals surface area contributed by atoms with E-state index >= 15 is 0 Å². The first-order chi connectivity index (χ1) is 15.1. The lowest BCUT2D eigenvalue weighted by Crippen LogP contribution is -2.39. The van der Waals surface area contributed by atoms with Crippen LogP contribution in [0.2, 0.25) is 10.0 Å². The van der Waals surface area contributed by atoms with Gasteiger partial charge in [0.05, 0.1) is 23.2 Å². The third kappa shape index (κ3) is 5.51. The summed E-state index contributed by atoms with van der Waals surface area (Å²) in [5.41, 5.74) is 6.30. The van der Waals surface area contributed by atoms with Gasteiger partial charge in [-0.2, -0.15) is 5.10 Å². The fraction of sp³-hybridized carbons (Fsp3) is 0.182. The number of carbonyl (C=O) groups is 1. The molecular formula is C22H22Cl2N4O3S. The van der Waals surface area contributed by atoms with E-state index in [-0.39, 0.29) is 10.7 Å². The molecule has 0 atom stereocenters. The van der Waals surface area contributed by atoms with Crippen molar-refractivity contribution in [3.8, 4) is 5.69 Å². The number of hydrogen-bond donors (Lipinski definition) is 1. The zero-order chi connectivity index (χ0) is 23.5. The van der Waals surface area contributed by atoms with Crippen LogP contribution >= 0.6 is 23.2 Å². The summed E-state index contributed by atoms with van der Waals surface area (Å²) < 4.78 is 27.5. The predicted octanol–water partition coefficient (Wildman–Crippen LogP) is 4.32. The molecule has 1 aromatic heterocycles. The molecule has 0 spiro atoms. The lowest BCUT2D eigenvalue weighted by molar-refractivity contribution is -0.119. The number of carbonyl (C=O) groups excluding carboxylic acids is 1. The second-order valence-electron chi connectivity index (χ2n) is 7.16. The molecule has 7 nitrogen and oxygen atoms in total. The Bertz CT molecular complexity index is 1270. The molecule has 0 radical (unpaired) electrons. The van der Waals surface area contributed by atoms with E-state index in [1.165, 1.54) is 24.4 Å². The third-order valence-electron chi connectivity index (χ3n) is 4.74. The Kier molecular flexibility index (Phi) is 7.28. The number of aryl methyl sites for hydroxylation is 1. The van der Waals surface area contributed by atoms with Gasteiger partial charge in [-0.15, -0.1) is 0 Å². The summed E-state index contributed by atoms with van der Waals surface area (Å²) in [5.74, 6) is -0.625. The van der Waals surface area contributed by atoms with Gasteiger partial charge < -0.3 is 4.57 Å². The predicted molar refractivity (Wildman–Crippen MR) is 130 cm³/mol. The maximum absolute atomic E-state index is 12.4. The Morgan fingerprint density at radius 3 is 2.47 bits per heavy atom. The van der Waals surface area contributed by atoms with E-state index in [1.54, 1.807) is 0 Å². The molecule has 168 valence electrons. The number of benzene rings is 2. The highest BCUT2D eigenvalue weighted by molar-refractivity contribution is 7.92. The van der Waals surface area contributed by atoms with Gasteiger partial charge in [0.2, 0.25) is 10.0 Å². The molecule has 0 fully saturated rings. The van der Waals surface area contributed by atoms with Gasteiger partial charge in [0.1, 0.15) is 6.54 Å². The molecule has 2 aromatic carbocycles. The minimum Gasteiger partial charge on any atom is -0.318 e. The fourth-order valence-corrected chi connectivity index (χ4v) is 4.59. The van der Waals surface area contributed by atoms with Gasteiger partial charge in [-0.25, -0.2) is 13.8 Å². The maximum Gasteiger partial charge on any atom is 0.260 e. The second kappa shape index (κ2) is 9.77. The van der Waals surface area contributed by atoms with Crippen molar-refractivity contribution in [2.75, 3.05) is 17.1 Å². The molecule has 3 rings (SSSR count). The highest BCUT2D eigenvalue weighted by Crippen LogP contribution is 2.30. The molecule has 10 heteroatoms. The smallest absolute Gasteiger partial charge is 0.260 e. The molecule has 0 aliphatic rings. The van der Waals surface area contributed by atoms with Crippen molar-refractivity contribution in [2.24, 2.45) is 5.10 Å². The molecular weight excluding hydrogens is 471 g/mol. The van der Waals surface area contributed by atoms with Gasteiger partial charge in [-0.1, -0.05) is 41.4 Å². The lowest BCUT2D eigenvalue weighted by Gasteiger charge is -2.22. The highest BCUT2D eigenvalue weighted by Gasteiger charge is 2.23. The molecule has 1 amide bonds. The van der Waals surface area contributed by atoms with E-state index in [0.717, 1.165) is 33.2 Å². The second-order valence-corrected chi connectivity index (χ2v) is 9.91. The number of anilines is 1. The van der Waals surface area contributed by atoms with Crippen molar-refractivity contribution in [1.82, 2.24) is 9.99 Å². The average molecular weight is 493 g/mol. The molecule has 0 unspecified atom stereocenters. The number of para-hydroxylation sites is 1. The molecule has 1 N–H and O–H groups in total. The molecule has 0 aliphatic carbocycles. The van der Waals surface area contributed by atoms with Gasteiger partial charge in [0, 0.05) is 27.7 Å².